The molecule has 0 spiro atoms. The number of ether oxygens (including phenoxy) is 1. The number of hydrogen-bond acceptors (Lipinski definition) is 1. The molecule has 0 N–H and O–H groups in total. The molecule has 1 aliphatic rings. The van der Waals surface area contributed by atoms with Crippen LogP contribution < -0.4 is 0 Å². The van der Waals surface area contributed by atoms with Gasteiger partial charge in [0.15, 0.2) is 0 Å². The fraction of sp³-hybridized carbons (Fsp3) is 0.692. The van der Waals surface area contributed by atoms with Crippen LogP contribution in [-0.2, 0) is 4.74 Å². The molecule has 80 valence electrons. The highest BCUT2D eigenvalue weighted by Crippen LogP contribution is 2.29. The molecule has 1 aliphatic heterocycles. The average Bonchev–Trinajstić information content (AvgIpc) is 2.45. The van der Waals surface area contributed by atoms with Crippen molar-refractivity contribution < 1.29 is 4.74 Å². The Morgan fingerprint density at radius 2 is 2.21 bits per heavy atom. The minimum absolute atomic E-state index is 0.0934. The summed E-state index contributed by atoms with van der Waals surface area (Å²) in [7, 11) is 0. The summed E-state index contributed by atoms with van der Waals surface area (Å²) < 4.78 is 5.66. The van der Waals surface area contributed by atoms with Crippen LogP contribution in [0.2, 0.25) is 0 Å². The lowest BCUT2D eigenvalue weighted by Crippen LogP contribution is -2.16. The Morgan fingerprint density at radius 3 is 2.79 bits per heavy atom. The van der Waals surface area contributed by atoms with Gasteiger partial charge in [0.1, 0.15) is 0 Å². The molecular weight excluding hydrogens is 172 g/mol. The van der Waals surface area contributed by atoms with E-state index >= 15 is 0 Å². The molecular formula is C13H22O. The van der Waals surface area contributed by atoms with Gasteiger partial charge in [-0.1, -0.05) is 18.2 Å². The second kappa shape index (κ2) is 5.35. The Kier molecular flexibility index (Phi) is 4.40. The number of allylic oxidation sites excluding steroid dienone is 2. The van der Waals surface area contributed by atoms with Gasteiger partial charge in [-0.25, -0.2) is 0 Å². The van der Waals surface area contributed by atoms with Gasteiger partial charge in [0.25, 0.3) is 0 Å². The van der Waals surface area contributed by atoms with Crippen LogP contribution in [0, 0.1) is 5.92 Å². The second-order valence-electron chi connectivity index (χ2n) is 4.68. The van der Waals surface area contributed by atoms with Crippen LogP contribution >= 0.6 is 0 Å². The lowest BCUT2D eigenvalue weighted by molar-refractivity contribution is 0.0357. The maximum absolute atomic E-state index is 5.66. The third kappa shape index (κ3) is 4.10. The molecule has 1 atom stereocenters. The zero-order valence-electron chi connectivity index (χ0n) is 9.46. The topological polar surface area (TPSA) is 9.23 Å². The van der Waals surface area contributed by atoms with Crippen molar-refractivity contribution in [2.45, 2.75) is 45.1 Å². The van der Waals surface area contributed by atoms with Crippen LogP contribution in [0.3, 0.4) is 0 Å². The van der Waals surface area contributed by atoms with Crippen molar-refractivity contribution in [2.24, 2.45) is 5.92 Å². The zero-order chi connectivity index (χ0) is 10.4. The smallest absolute Gasteiger partial charge is 0.0633 e. The van der Waals surface area contributed by atoms with Gasteiger partial charge in [0.2, 0.25) is 0 Å². The Labute approximate surface area is 87.8 Å². The summed E-state index contributed by atoms with van der Waals surface area (Å²) in [4.78, 5) is 0. The minimum Gasteiger partial charge on any atom is -0.375 e. The molecule has 0 aromatic rings. The summed E-state index contributed by atoms with van der Waals surface area (Å²) in [5.41, 5.74) is 0.0934. The van der Waals surface area contributed by atoms with Gasteiger partial charge in [-0.05, 0) is 39.5 Å². The maximum Gasteiger partial charge on any atom is 0.0633 e. The third-order valence-corrected chi connectivity index (χ3v) is 2.63. The second-order valence-corrected chi connectivity index (χ2v) is 4.68. The summed E-state index contributed by atoms with van der Waals surface area (Å²) in [6.45, 7) is 8.93. The van der Waals surface area contributed by atoms with Crippen molar-refractivity contribution in [2.75, 3.05) is 6.61 Å². The molecule has 0 aliphatic carbocycles. The molecule has 1 heteroatoms. The normalized spacial score (nSPS) is 25.7. The molecule has 0 unspecified atom stereocenters. The average molecular weight is 194 g/mol. The van der Waals surface area contributed by atoms with Crippen molar-refractivity contribution >= 4 is 0 Å². The quantitative estimate of drug-likeness (QED) is 0.479. The molecule has 0 bridgehead atoms. The third-order valence-electron chi connectivity index (χ3n) is 2.63. The summed E-state index contributed by atoms with van der Waals surface area (Å²) in [6.07, 6.45) is 11.3. The summed E-state index contributed by atoms with van der Waals surface area (Å²) in [5.74, 6) is 0.633. The molecule has 1 heterocycles. The van der Waals surface area contributed by atoms with E-state index in [1.165, 1.54) is 12.8 Å². The molecule has 0 saturated carbocycles. The van der Waals surface area contributed by atoms with Gasteiger partial charge in [-0.2, -0.15) is 0 Å². The van der Waals surface area contributed by atoms with Crippen LogP contribution in [-0.4, -0.2) is 12.2 Å². The molecule has 0 amide bonds. The van der Waals surface area contributed by atoms with Crippen molar-refractivity contribution in [3.63, 3.8) is 0 Å². The molecule has 0 aromatic heterocycles. The van der Waals surface area contributed by atoms with Crippen molar-refractivity contribution in [3.8, 4) is 0 Å². The maximum atomic E-state index is 5.66. The summed E-state index contributed by atoms with van der Waals surface area (Å²) in [5, 5.41) is 0. The van der Waals surface area contributed by atoms with Crippen molar-refractivity contribution in [1.82, 2.24) is 0 Å². The number of unbranched alkanes of at least 4 members (excludes halogenated alkanes) is 2. The van der Waals surface area contributed by atoms with E-state index in [2.05, 4.69) is 32.6 Å². The number of rotatable bonds is 5. The van der Waals surface area contributed by atoms with Crippen molar-refractivity contribution in [3.05, 3.63) is 24.8 Å². The fourth-order valence-corrected chi connectivity index (χ4v) is 1.87. The molecule has 0 aromatic carbocycles. The lowest BCUT2D eigenvalue weighted by atomic mass is 9.97. The zero-order valence-corrected chi connectivity index (χ0v) is 9.46. The molecule has 14 heavy (non-hydrogen) atoms. The Hall–Kier alpha value is -0.560. The van der Waals surface area contributed by atoms with Crippen LogP contribution in [0.4, 0.5) is 0 Å². The number of hydrogen-bond donors (Lipinski definition) is 0. The van der Waals surface area contributed by atoms with Gasteiger partial charge in [0, 0.05) is 5.92 Å². The van der Waals surface area contributed by atoms with Gasteiger partial charge in [0.05, 0.1) is 12.2 Å². The lowest BCUT2D eigenvalue weighted by Gasteiger charge is -2.14. The van der Waals surface area contributed by atoms with E-state index in [1.807, 2.05) is 6.08 Å². The Balaban J connectivity index is 2.15. The highest BCUT2D eigenvalue weighted by molar-refractivity contribution is 4.95. The van der Waals surface area contributed by atoms with Crippen LogP contribution in [0.5, 0.6) is 0 Å². The standard InChI is InChI=1S/C13H22O/c1-4-5-6-7-8-9-12-10-13(2,3)14-11-12/h4,8-9,12H,1,5-7,10-11H2,2-3H3/b9-8-/t12-/m0/s1. The monoisotopic (exact) mass is 194 g/mol. The summed E-state index contributed by atoms with van der Waals surface area (Å²) >= 11 is 0. The van der Waals surface area contributed by atoms with E-state index in [0.717, 1.165) is 19.4 Å². The van der Waals surface area contributed by atoms with E-state index in [-0.39, 0.29) is 5.60 Å². The Bertz CT molecular complexity index is 203. The van der Waals surface area contributed by atoms with Crippen LogP contribution in [0.15, 0.2) is 24.8 Å². The molecule has 1 saturated heterocycles. The molecule has 1 fully saturated rings. The molecule has 1 nitrogen and oxygen atoms in total. The van der Waals surface area contributed by atoms with Gasteiger partial charge >= 0.3 is 0 Å². The molecule has 1 rings (SSSR count). The van der Waals surface area contributed by atoms with E-state index < -0.39 is 0 Å². The first-order valence-electron chi connectivity index (χ1n) is 5.55. The van der Waals surface area contributed by atoms with Gasteiger partial charge < -0.3 is 4.74 Å². The SMILES string of the molecule is C=CCCC/C=C\[C@@H]1COC(C)(C)C1. The van der Waals surface area contributed by atoms with Crippen molar-refractivity contribution in [1.29, 1.82) is 0 Å². The largest absolute Gasteiger partial charge is 0.375 e. The van der Waals surface area contributed by atoms with E-state index in [4.69, 9.17) is 4.74 Å². The van der Waals surface area contributed by atoms with Gasteiger partial charge in [-0.15, -0.1) is 6.58 Å². The first kappa shape index (κ1) is 11.5. The highest BCUT2D eigenvalue weighted by atomic mass is 16.5. The predicted octanol–water partition coefficient (Wildman–Crippen LogP) is 3.71. The first-order chi connectivity index (χ1) is 6.64. The van der Waals surface area contributed by atoms with E-state index in [1.54, 1.807) is 0 Å². The first-order valence-corrected chi connectivity index (χ1v) is 5.55. The predicted molar refractivity (Wildman–Crippen MR) is 61.3 cm³/mol. The van der Waals surface area contributed by atoms with E-state index in [9.17, 15) is 0 Å². The molecule has 0 radical (unpaired) electrons. The minimum atomic E-state index is 0.0934. The van der Waals surface area contributed by atoms with Crippen LogP contribution in [0.25, 0.3) is 0 Å². The van der Waals surface area contributed by atoms with E-state index in [0.29, 0.717) is 5.92 Å². The fourth-order valence-electron chi connectivity index (χ4n) is 1.87. The Morgan fingerprint density at radius 1 is 1.43 bits per heavy atom. The summed E-state index contributed by atoms with van der Waals surface area (Å²) in [6, 6.07) is 0. The van der Waals surface area contributed by atoms with Crippen LogP contribution in [0.1, 0.15) is 39.5 Å². The highest BCUT2D eigenvalue weighted by Gasteiger charge is 2.29. The van der Waals surface area contributed by atoms with Gasteiger partial charge in [-0.3, -0.25) is 0 Å².